The molecule has 0 saturated carbocycles. The summed E-state index contributed by atoms with van der Waals surface area (Å²) in [7, 11) is 0. The molecule has 3 aromatic carbocycles. The Morgan fingerprint density at radius 1 is 0.862 bits per heavy atom. The van der Waals surface area contributed by atoms with E-state index < -0.39 is 5.54 Å². The monoisotopic (exact) mass is 395 g/mol. The maximum atomic E-state index is 13.9. The van der Waals surface area contributed by atoms with Gasteiger partial charge in [0.1, 0.15) is 17.5 Å². The fraction of sp³-hybridized carbons (Fsp3) is 0.174. The molecule has 3 aromatic rings. The average molecular weight is 395 g/mol. The van der Waals surface area contributed by atoms with Crippen LogP contribution in [0.5, 0.6) is 0 Å². The number of benzene rings is 3. The SMILES string of the molecule is C[C@]1(c2cccc(F)c2)NC(=NCc2ccc(F)cc2)N[C@H]1c1cccc(F)c1. The largest absolute Gasteiger partial charge is 0.347 e. The molecule has 0 aromatic heterocycles. The summed E-state index contributed by atoms with van der Waals surface area (Å²) in [5.41, 5.74) is 1.53. The van der Waals surface area contributed by atoms with Gasteiger partial charge in [0.05, 0.1) is 18.1 Å². The van der Waals surface area contributed by atoms with E-state index in [1.807, 2.05) is 19.1 Å². The first-order valence-corrected chi connectivity index (χ1v) is 9.29. The molecule has 1 aliphatic rings. The molecular weight excluding hydrogens is 375 g/mol. The number of aliphatic imine (C=N–C) groups is 1. The van der Waals surface area contributed by atoms with Gasteiger partial charge in [-0.1, -0.05) is 36.4 Å². The third-order valence-electron chi connectivity index (χ3n) is 5.18. The van der Waals surface area contributed by atoms with E-state index in [9.17, 15) is 13.2 Å². The van der Waals surface area contributed by atoms with E-state index in [1.165, 1.54) is 36.4 Å². The Balaban J connectivity index is 1.69. The van der Waals surface area contributed by atoms with Crippen LogP contribution in [0.4, 0.5) is 13.2 Å². The molecular formula is C23H20F3N3. The van der Waals surface area contributed by atoms with E-state index in [0.717, 1.165) is 11.1 Å². The zero-order valence-corrected chi connectivity index (χ0v) is 15.8. The van der Waals surface area contributed by atoms with Gasteiger partial charge in [0.15, 0.2) is 5.96 Å². The van der Waals surface area contributed by atoms with Crippen LogP contribution in [0, 0.1) is 17.5 Å². The Morgan fingerprint density at radius 3 is 2.24 bits per heavy atom. The van der Waals surface area contributed by atoms with Gasteiger partial charge in [-0.2, -0.15) is 0 Å². The highest BCUT2D eigenvalue weighted by Gasteiger charge is 2.44. The minimum absolute atomic E-state index is 0.302. The van der Waals surface area contributed by atoms with Crippen molar-refractivity contribution >= 4 is 5.96 Å². The molecule has 2 N–H and O–H groups in total. The summed E-state index contributed by atoms with van der Waals surface area (Å²) in [6.07, 6.45) is 0. The molecule has 1 saturated heterocycles. The Hall–Kier alpha value is -3.28. The highest BCUT2D eigenvalue weighted by atomic mass is 19.1. The molecule has 1 aliphatic heterocycles. The second-order valence-corrected chi connectivity index (χ2v) is 7.26. The smallest absolute Gasteiger partial charge is 0.192 e. The van der Waals surface area contributed by atoms with Crippen molar-refractivity contribution in [3.63, 3.8) is 0 Å². The normalized spacial score (nSPS) is 22.3. The zero-order chi connectivity index (χ0) is 20.4. The van der Waals surface area contributed by atoms with Crippen LogP contribution in [0.15, 0.2) is 77.8 Å². The summed E-state index contributed by atoms with van der Waals surface area (Å²) in [5, 5.41) is 6.64. The summed E-state index contributed by atoms with van der Waals surface area (Å²) in [6.45, 7) is 2.26. The van der Waals surface area contributed by atoms with Crippen molar-refractivity contribution < 1.29 is 13.2 Å². The Kier molecular flexibility index (Phi) is 5.01. The Bertz CT molecular complexity index is 1050. The van der Waals surface area contributed by atoms with Gasteiger partial charge in [0.2, 0.25) is 0 Å². The second kappa shape index (κ2) is 7.62. The van der Waals surface area contributed by atoms with Gasteiger partial charge < -0.3 is 10.6 Å². The first kappa shape index (κ1) is 19.1. The number of rotatable bonds is 4. The van der Waals surface area contributed by atoms with Gasteiger partial charge in [0, 0.05) is 0 Å². The molecule has 0 amide bonds. The molecule has 0 aliphatic carbocycles. The molecule has 0 spiro atoms. The molecule has 0 bridgehead atoms. The minimum Gasteiger partial charge on any atom is -0.347 e. The third kappa shape index (κ3) is 3.97. The van der Waals surface area contributed by atoms with Crippen molar-refractivity contribution in [2.24, 2.45) is 4.99 Å². The third-order valence-corrected chi connectivity index (χ3v) is 5.18. The number of nitrogens with one attached hydrogen (secondary N) is 2. The first-order valence-electron chi connectivity index (χ1n) is 9.29. The second-order valence-electron chi connectivity index (χ2n) is 7.26. The van der Waals surface area contributed by atoms with Crippen molar-refractivity contribution in [1.29, 1.82) is 0 Å². The van der Waals surface area contributed by atoms with E-state index in [-0.39, 0.29) is 23.5 Å². The predicted molar refractivity (Wildman–Crippen MR) is 107 cm³/mol. The van der Waals surface area contributed by atoms with Crippen molar-refractivity contribution in [2.75, 3.05) is 0 Å². The van der Waals surface area contributed by atoms with Crippen molar-refractivity contribution in [3.05, 3.63) is 107 Å². The van der Waals surface area contributed by atoms with Gasteiger partial charge >= 0.3 is 0 Å². The van der Waals surface area contributed by atoms with Gasteiger partial charge in [0.25, 0.3) is 0 Å². The van der Waals surface area contributed by atoms with Gasteiger partial charge in [-0.05, 0) is 60.0 Å². The highest BCUT2D eigenvalue weighted by molar-refractivity contribution is 5.84. The van der Waals surface area contributed by atoms with Gasteiger partial charge in [-0.15, -0.1) is 0 Å². The summed E-state index contributed by atoms with van der Waals surface area (Å²) in [4.78, 5) is 4.55. The maximum absolute atomic E-state index is 13.9. The lowest BCUT2D eigenvalue weighted by Gasteiger charge is -2.31. The van der Waals surface area contributed by atoms with Crippen LogP contribution < -0.4 is 10.6 Å². The summed E-state index contributed by atoms with van der Waals surface area (Å²) in [5.74, 6) is -0.485. The van der Waals surface area contributed by atoms with Gasteiger partial charge in [-0.25, -0.2) is 18.2 Å². The Morgan fingerprint density at radius 2 is 1.55 bits per heavy atom. The summed E-state index contributed by atoms with van der Waals surface area (Å²) in [6, 6.07) is 18.4. The number of nitrogens with zero attached hydrogens (tertiary/aromatic N) is 1. The molecule has 148 valence electrons. The maximum Gasteiger partial charge on any atom is 0.192 e. The van der Waals surface area contributed by atoms with Crippen LogP contribution in [0.1, 0.15) is 29.7 Å². The molecule has 6 heteroatoms. The lowest BCUT2D eigenvalue weighted by atomic mass is 9.82. The standard InChI is InChI=1S/C23H20F3N3/c1-23(17-5-3-7-20(26)13-17)21(16-4-2-6-19(25)12-16)28-22(29-23)27-14-15-8-10-18(24)11-9-15/h2-13,21H,14H2,1H3,(H2,27,28,29)/t21-,23+/m0/s1. The van der Waals surface area contributed by atoms with Crippen molar-refractivity contribution in [2.45, 2.75) is 25.0 Å². The lowest BCUT2D eigenvalue weighted by molar-refractivity contribution is 0.376. The topological polar surface area (TPSA) is 36.4 Å². The van der Waals surface area contributed by atoms with E-state index in [4.69, 9.17) is 0 Å². The molecule has 0 unspecified atom stereocenters. The van der Waals surface area contributed by atoms with Crippen LogP contribution in [0.3, 0.4) is 0 Å². The first-order chi connectivity index (χ1) is 13.9. The van der Waals surface area contributed by atoms with Crippen LogP contribution in [-0.4, -0.2) is 5.96 Å². The predicted octanol–water partition coefficient (Wildman–Crippen LogP) is 4.81. The number of hydrogen-bond donors (Lipinski definition) is 2. The molecule has 2 atom stereocenters. The van der Waals surface area contributed by atoms with E-state index in [2.05, 4.69) is 15.6 Å². The fourth-order valence-corrected chi connectivity index (χ4v) is 3.63. The van der Waals surface area contributed by atoms with E-state index in [0.29, 0.717) is 18.1 Å². The van der Waals surface area contributed by atoms with Crippen LogP contribution in [0.2, 0.25) is 0 Å². The molecule has 3 nitrogen and oxygen atoms in total. The Labute approximate surface area is 167 Å². The lowest BCUT2D eigenvalue weighted by Crippen LogP contribution is -2.39. The fourth-order valence-electron chi connectivity index (χ4n) is 3.63. The molecule has 29 heavy (non-hydrogen) atoms. The molecule has 4 rings (SSSR count). The van der Waals surface area contributed by atoms with Crippen LogP contribution >= 0.6 is 0 Å². The van der Waals surface area contributed by atoms with Crippen LogP contribution in [0.25, 0.3) is 0 Å². The molecule has 1 heterocycles. The highest BCUT2D eigenvalue weighted by Crippen LogP contribution is 2.38. The zero-order valence-electron chi connectivity index (χ0n) is 15.8. The number of guanidine groups is 1. The van der Waals surface area contributed by atoms with Crippen LogP contribution in [-0.2, 0) is 12.1 Å². The summed E-state index contributed by atoms with van der Waals surface area (Å²) < 4.78 is 40.9. The summed E-state index contributed by atoms with van der Waals surface area (Å²) >= 11 is 0. The average Bonchev–Trinajstić information content (AvgIpc) is 3.05. The van der Waals surface area contributed by atoms with E-state index in [1.54, 1.807) is 24.3 Å². The number of halogens is 3. The van der Waals surface area contributed by atoms with Crippen molar-refractivity contribution in [1.82, 2.24) is 10.6 Å². The van der Waals surface area contributed by atoms with E-state index >= 15 is 0 Å². The molecule has 0 radical (unpaired) electrons. The molecule has 1 fully saturated rings. The number of hydrogen-bond acceptors (Lipinski definition) is 1. The minimum atomic E-state index is -0.752. The van der Waals surface area contributed by atoms with Crippen molar-refractivity contribution in [3.8, 4) is 0 Å². The quantitative estimate of drug-likeness (QED) is 0.665. The van der Waals surface area contributed by atoms with Gasteiger partial charge in [-0.3, -0.25) is 0 Å².